The minimum atomic E-state index is -0.749. The zero-order valence-corrected chi connectivity index (χ0v) is 55.8. The second-order valence-corrected chi connectivity index (χ2v) is 24.5. The van der Waals surface area contributed by atoms with Gasteiger partial charge in [0.25, 0.3) is 0 Å². The summed E-state index contributed by atoms with van der Waals surface area (Å²) >= 11 is 0.757. The Morgan fingerprint density at radius 1 is 0.372 bits per heavy atom. The van der Waals surface area contributed by atoms with E-state index in [0.717, 1.165) is 51.7 Å². The second-order valence-electron chi connectivity index (χ2n) is 22.9. The van der Waals surface area contributed by atoms with Crippen LogP contribution in [0.4, 0.5) is 5.69 Å². The number of nitrogens with zero attached hydrogens (tertiary/aromatic N) is 8. The van der Waals surface area contributed by atoms with Crippen LogP contribution in [0.25, 0.3) is 21.8 Å². The van der Waals surface area contributed by atoms with E-state index in [0.29, 0.717) is 22.3 Å². The number of nitrogens with one attached hydrogen (secondary N) is 1. The van der Waals surface area contributed by atoms with Gasteiger partial charge in [0, 0.05) is 28.9 Å². The van der Waals surface area contributed by atoms with Gasteiger partial charge in [-0.05, 0) is 99.2 Å². The van der Waals surface area contributed by atoms with Crippen LogP contribution in [0.1, 0.15) is 111 Å². The summed E-state index contributed by atoms with van der Waals surface area (Å²) in [5.41, 5.74) is 12.2. The molecule has 9 rings (SSSR count). The summed E-state index contributed by atoms with van der Waals surface area (Å²) in [7, 11) is 9.34. The third-order valence-electron chi connectivity index (χ3n) is 17.2. The van der Waals surface area contributed by atoms with Crippen LogP contribution in [-0.2, 0) is 46.7 Å². The Morgan fingerprint density at radius 3 is 0.915 bits per heavy atom. The Balaban J connectivity index is 0.00000371. The van der Waals surface area contributed by atoms with Gasteiger partial charge in [-0.25, -0.2) is 0 Å². The molecule has 2 aromatic heterocycles. The third kappa shape index (κ3) is 18.2. The summed E-state index contributed by atoms with van der Waals surface area (Å²) in [6.07, 6.45) is 3.41. The zero-order valence-electron chi connectivity index (χ0n) is 53.3. The van der Waals surface area contributed by atoms with E-state index in [1.54, 1.807) is 33.2 Å². The average Bonchev–Trinajstić information content (AvgIpc) is 0.969. The van der Waals surface area contributed by atoms with Gasteiger partial charge in [-0.2, -0.15) is 0 Å². The van der Waals surface area contributed by atoms with Gasteiger partial charge in [0.05, 0.1) is 60.4 Å². The van der Waals surface area contributed by atoms with Crippen molar-refractivity contribution >= 4 is 89.0 Å². The number of carbonyl (C=O) groups is 7. The molecule has 0 saturated carbocycles. The number of amides is 7. The molecule has 7 amide bonds. The van der Waals surface area contributed by atoms with Crippen LogP contribution >= 0.6 is 20.2 Å². The summed E-state index contributed by atoms with van der Waals surface area (Å²) < 4.78 is 0. The summed E-state index contributed by atoms with van der Waals surface area (Å²) in [6, 6.07) is 60.9. The molecule has 7 aromatic carbocycles. The first-order valence-corrected chi connectivity index (χ1v) is 33.5. The number of hydrogen-bond donors (Lipinski definition) is 2. The Labute approximate surface area is 564 Å². The molecule has 0 bridgehead atoms. The third-order valence-corrected chi connectivity index (χ3v) is 17.2. The molecule has 0 radical (unpaired) electrons. The Bertz CT molecular complexity index is 3980. The number of fused-ring (bicyclic) bond motifs is 3. The quantitative estimate of drug-likeness (QED) is 0.0368. The molecule has 0 fully saturated rings. The molecule has 20 heteroatoms. The first-order valence-electron chi connectivity index (χ1n) is 30.9. The van der Waals surface area contributed by atoms with Crippen LogP contribution in [0.5, 0.6) is 0 Å². The van der Waals surface area contributed by atoms with Gasteiger partial charge in [0.2, 0.25) is 41.4 Å². The molecule has 0 spiro atoms. The van der Waals surface area contributed by atoms with Crippen molar-refractivity contribution in [3.63, 3.8) is 0 Å². The van der Waals surface area contributed by atoms with Crippen LogP contribution < -0.4 is 11.1 Å². The maximum absolute atomic E-state index is 15.7. The van der Waals surface area contributed by atoms with Crippen molar-refractivity contribution in [3.05, 3.63) is 258 Å². The fourth-order valence-electron chi connectivity index (χ4n) is 11.7. The van der Waals surface area contributed by atoms with E-state index in [-0.39, 0.29) is 12.5 Å². The number of halogens is 2. The first-order chi connectivity index (χ1) is 45.4. The van der Waals surface area contributed by atoms with Crippen LogP contribution in [-0.4, -0.2) is 127 Å². The molecule has 3 N–H and O–H groups in total. The number of hydrogen-bond acceptors (Lipinski definition) is 10. The molecule has 0 aliphatic heterocycles. The van der Waals surface area contributed by atoms with E-state index in [9.17, 15) is 14.4 Å². The van der Waals surface area contributed by atoms with Gasteiger partial charge >= 0.3 is 33.3 Å². The fourth-order valence-corrected chi connectivity index (χ4v) is 11.7. The van der Waals surface area contributed by atoms with Crippen molar-refractivity contribution in [1.29, 1.82) is 0 Å². The summed E-state index contributed by atoms with van der Waals surface area (Å²) in [5, 5.41) is 4.96. The van der Waals surface area contributed by atoms with Gasteiger partial charge < -0.3 is 40.4 Å². The minimum absolute atomic E-state index is 0.196. The molecule has 0 saturated heterocycles. The Hall–Kier alpha value is -9.45. The van der Waals surface area contributed by atoms with Crippen LogP contribution in [0, 0.1) is 0 Å². The molecule has 6 atom stereocenters. The number of benzene rings is 7. The van der Waals surface area contributed by atoms with Crippen molar-refractivity contribution in [3.8, 4) is 0 Å². The van der Waals surface area contributed by atoms with E-state index < -0.39 is 111 Å². The Morgan fingerprint density at radius 2 is 0.628 bits per heavy atom. The van der Waals surface area contributed by atoms with Crippen molar-refractivity contribution in [2.45, 2.75) is 77.8 Å². The molecular weight excluding hydrogens is 1280 g/mol. The maximum atomic E-state index is 15.7. The van der Waals surface area contributed by atoms with Gasteiger partial charge in [-0.3, -0.25) is 43.5 Å². The van der Waals surface area contributed by atoms with E-state index >= 15 is 19.2 Å². The number of rotatable bonds is 27. The molecule has 17 nitrogen and oxygen atoms in total. The number of nitrogens with two attached hydrogens (primary N) is 1. The van der Waals surface area contributed by atoms with Gasteiger partial charge in [-0.1, -0.05) is 188 Å². The van der Waals surface area contributed by atoms with Gasteiger partial charge in [-0.15, -0.1) is 0 Å². The normalized spacial score (nSPS) is 12.9. The second kappa shape index (κ2) is 34.5. The van der Waals surface area contributed by atoms with Crippen molar-refractivity contribution in [2.24, 2.45) is 5.73 Å². The van der Waals surface area contributed by atoms with Crippen molar-refractivity contribution in [1.82, 2.24) is 39.4 Å². The number of primary amides is 1. The SMILES string of the molecule is C[C@@H](c1ccccc1)N(CC(N)=O)C(=O)CN(C(=O)CN(C(=O)CN(C(=O)CN(C(=O)CN(C(=O)CNc1cc2cccnc2c2ncccc12)[C@@H](C)c1ccccc1)[C@@H](C)c1ccccc1)[C@@H](C)c1ccccc1)[C@@H](C)c1ccccc1)[C@@H](C)c1ccccc1.[Cl][Cu][Cl]. The van der Waals surface area contributed by atoms with Crippen molar-refractivity contribution < 1.29 is 46.7 Å². The van der Waals surface area contributed by atoms with E-state index in [1.165, 1.54) is 29.4 Å². The van der Waals surface area contributed by atoms with Crippen LogP contribution in [0.2, 0.25) is 0 Å². The predicted octanol–water partition coefficient (Wildman–Crippen LogP) is 12.6. The molecule has 2 heterocycles. The molecule has 9 aromatic rings. The van der Waals surface area contributed by atoms with Gasteiger partial charge in [0.15, 0.2) is 0 Å². The summed E-state index contributed by atoms with van der Waals surface area (Å²) in [5.74, 6) is -3.92. The number of carbonyl (C=O) groups excluding carboxylic acids is 7. The predicted molar refractivity (Wildman–Crippen MR) is 366 cm³/mol. The zero-order chi connectivity index (χ0) is 67.3. The molecule has 0 aliphatic rings. The average molecular weight is 1350 g/mol. The number of pyridine rings is 2. The van der Waals surface area contributed by atoms with Crippen LogP contribution in [0.15, 0.2) is 225 Å². The van der Waals surface area contributed by atoms with Crippen LogP contribution in [0.3, 0.4) is 0 Å². The van der Waals surface area contributed by atoms with E-state index in [4.69, 9.17) is 5.73 Å². The molecule has 0 aliphatic carbocycles. The summed E-state index contributed by atoms with van der Waals surface area (Å²) in [4.78, 5) is 123. The topological polar surface area (TPSA) is 203 Å². The molecule has 94 heavy (non-hydrogen) atoms. The van der Waals surface area contributed by atoms with E-state index in [1.807, 2.05) is 233 Å². The standard InChI is InChI=1S/C74H78N10O7.2ClH.Cu/c1-51(57-27-13-7-14-28-57)79(45-66(75)85)68(87)47-81(53(3)59-31-17-9-18-32-59)70(89)49-83(55(5)61-35-21-11-22-36-61)72(91)50-84(56(6)62-37-23-12-24-38-62)71(90)48-82(54(4)60-33-19-10-20-34-60)69(88)46-80(52(2)58-29-15-8-16-30-58)67(86)44-78-65-43-63-39-25-41-76-73(63)74-64(65)40-26-42-77-74;;;/h7-43,51-56,78H,44-50H2,1-6H3,(H2,75,85);2*1H;/q;;;+2/p-2/t51-,52-,53-,54-,55-,56-;;;/m0.../s1. The number of anilines is 1. The molecular formula is C74H78Cl2CuN10O7. The Kier molecular flexibility index (Phi) is 25.8. The fraction of sp³-hybridized carbons (Fsp3) is 0.257. The molecule has 491 valence electrons. The number of aromatic nitrogens is 2. The summed E-state index contributed by atoms with van der Waals surface area (Å²) in [6.45, 7) is 7.83. The van der Waals surface area contributed by atoms with E-state index in [2.05, 4.69) is 35.5 Å². The first kappa shape index (κ1) is 70.4. The monoisotopic (exact) mass is 1350 g/mol. The van der Waals surface area contributed by atoms with Gasteiger partial charge in [0.1, 0.15) is 32.7 Å². The molecule has 0 unspecified atom stereocenters. The van der Waals surface area contributed by atoms with Crippen molar-refractivity contribution in [2.75, 3.05) is 51.1 Å².